The van der Waals surface area contributed by atoms with Gasteiger partial charge in [0.1, 0.15) is 0 Å². The fourth-order valence-corrected chi connectivity index (χ4v) is 3.61. The monoisotopic (exact) mass is 252 g/mol. The lowest BCUT2D eigenvalue weighted by molar-refractivity contribution is -0.134. The van der Waals surface area contributed by atoms with Crippen LogP contribution in [0.5, 0.6) is 0 Å². The normalized spacial score (nSPS) is 32.8. The van der Waals surface area contributed by atoms with E-state index >= 15 is 0 Å². The van der Waals surface area contributed by atoms with Gasteiger partial charge in [0.25, 0.3) is 0 Å². The van der Waals surface area contributed by atoms with Crippen molar-refractivity contribution in [3.05, 3.63) is 0 Å². The largest absolute Gasteiger partial charge is 0.342 e. The van der Waals surface area contributed by atoms with Crippen molar-refractivity contribution < 1.29 is 4.79 Å². The summed E-state index contributed by atoms with van der Waals surface area (Å²) in [6, 6.07) is 0.269. The van der Waals surface area contributed by atoms with Crippen molar-refractivity contribution >= 4 is 5.91 Å². The maximum absolute atomic E-state index is 12.3. The predicted octanol–water partition coefficient (Wildman–Crippen LogP) is 2.54. The third-order valence-corrected chi connectivity index (χ3v) is 4.72. The van der Waals surface area contributed by atoms with E-state index in [4.69, 9.17) is 5.73 Å². The Balaban J connectivity index is 1.80. The molecule has 0 aromatic heterocycles. The van der Waals surface area contributed by atoms with Crippen molar-refractivity contribution in [2.75, 3.05) is 13.1 Å². The summed E-state index contributed by atoms with van der Waals surface area (Å²) < 4.78 is 0. The summed E-state index contributed by atoms with van der Waals surface area (Å²) in [6.45, 7) is 4.20. The van der Waals surface area contributed by atoms with E-state index in [0.29, 0.717) is 18.2 Å². The number of carbonyl (C=O) groups is 1. The average Bonchev–Trinajstić information content (AvgIpc) is 2.76. The molecular formula is C15H28N2O. The van der Waals surface area contributed by atoms with Gasteiger partial charge in [-0.3, -0.25) is 4.79 Å². The lowest BCUT2D eigenvalue weighted by Crippen LogP contribution is -2.41. The van der Waals surface area contributed by atoms with Crippen molar-refractivity contribution in [1.82, 2.24) is 4.90 Å². The van der Waals surface area contributed by atoms with E-state index in [1.807, 2.05) is 0 Å². The minimum atomic E-state index is 0.269. The summed E-state index contributed by atoms with van der Waals surface area (Å²) >= 11 is 0. The number of carbonyl (C=O) groups excluding carboxylic acids is 1. The first-order valence-corrected chi connectivity index (χ1v) is 7.74. The quantitative estimate of drug-likeness (QED) is 0.835. The van der Waals surface area contributed by atoms with Crippen molar-refractivity contribution in [2.45, 2.75) is 64.3 Å². The maximum atomic E-state index is 12.3. The van der Waals surface area contributed by atoms with Crippen molar-refractivity contribution in [1.29, 1.82) is 0 Å². The van der Waals surface area contributed by atoms with E-state index in [0.717, 1.165) is 31.8 Å². The van der Waals surface area contributed by atoms with Crippen molar-refractivity contribution in [2.24, 2.45) is 17.6 Å². The van der Waals surface area contributed by atoms with E-state index in [1.54, 1.807) is 0 Å². The summed E-state index contributed by atoms with van der Waals surface area (Å²) in [5, 5.41) is 0. The zero-order valence-electron chi connectivity index (χ0n) is 11.7. The molecule has 1 aliphatic heterocycles. The molecule has 3 nitrogen and oxygen atoms in total. The molecule has 18 heavy (non-hydrogen) atoms. The number of piperidine rings is 1. The Morgan fingerprint density at radius 1 is 1.28 bits per heavy atom. The van der Waals surface area contributed by atoms with Gasteiger partial charge in [0.05, 0.1) is 0 Å². The molecule has 1 heterocycles. The van der Waals surface area contributed by atoms with Crippen LogP contribution in [0.2, 0.25) is 0 Å². The van der Waals surface area contributed by atoms with Crippen LogP contribution in [-0.2, 0) is 4.79 Å². The van der Waals surface area contributed by atoms with Crippen molar-refractivity contribution in [3.63, 3.8) is 0 Å². The first-order valence-electron chi connectivity index (χ1n) is 7.74. The van der Waals surface area contributed by atoms with Crippen LogP contribution in [0.3, 0.4) is 0 Å². The fraction of sp³-hybridized carbons (Fsp3) is 0.933. The molecule has 3 heteroatoms. The number of amides is 1. The zero-order chi connectivity index (χ0) is 13.0. The molecule has 3 atom stereocenters. The van der Waals surface area contributed by atoms with E-state index in [9.17, 15) is 4.79 Å². The van der Waals surface area contributed by atoms with Gasteiger partial charge in [0.2, 0.25) is 5.91 Å². The molecule has 2 N–H and O–H groups in total. The van der Waals surface area contributed by atoms with Gasteiger partial charge in [-0.05, 0) is 43.9 Å². The second-order valence-electron chi connectivity index (χ2n) is 6.20. The number of likely N-dealkylation sites (tertiary alicyclic amines) is 1. The Morgan fingerprint density at radius 2 is 2.11 bits per heavy atom. The molecular weight excluding hydrogens is 224 g/mol. The highest BCUT2D eigenvalue weighted by Crippen LogP contribution is 2.28. The van der Waals surface area contributed by atoms with Crippen LogP contribution in [0.15, 0.2) is 0 Å². The molecule has 2 rings (SSSR count). The average molecular weight is 252 g/mol. The number of hydrogen-bond donors (Lipinski definition) is 1. The molecule has 0 bridgehead atoms. The highest BCUT2D eigenvalue weighted by molar-refractivity contribution is 5.76. The van der Waals surface area contributed by atoms with E-state index in [-0.39, 0.29) is 6.04 Å². The smallest absolute Gasteiger partial charge is 0.222 e. The summed E-state index contributed by atoms with van der Waals surface area (Å²) in [6.07, 6.45) is 9.16. The van der Waals surface area contributed by atoms with Gasteiger partial charge in [-0.15, -0.1) is 0 Å². The molecule has 0 radical (unpaired) electrons. The SMILES string of the molecule is CCCC1CCCN(C(=O)C[C@@H]2CCC[C@H]2N)C1. The molecule has 1 amide bonds. The van der Waals surface area contributed by atoms with Gasteiger partial charge in [0.15, 0.2) is 0 Å². The highest BCUT2D eigenvalue weighted by atomic mass is 16.2. The molecule has 0 aromatic carbocycles. The minimum absolute atomic E-state index is 0.269. The van der Waals surface area contributed by atoms with Crippen LogP contribution in [0.4, 0.5) is 0 Å². The lowest BCUT2D eigenvalue weighted by atomic mass is 9.92. The Morgan fingerprint density at radius 3 is 2.78 bits per heavy atom. The molecule has 1 saturated carbocycles. The van der Waals surface area contributed by atoms with Gasteiger partial charge in [-0.25, -0.2) is 0 Å². The Kier molecular flexibility index (Phi) is 5.04. The van der Waals surface area contributed by atoms with Crippen molar-refractivity contribution in [3.8, 4) is 0 Å². The molecule has 2 fully saturated rings. The second-order valence-corrected chi connectivity index (χ2v) is 6.20. The number of nitrogens with two attached hydrogens (primary N) is 1. The van der Waals surface area contributed by atoms with Crippen LogP contribution in [0, 0.1) is 11.8 Å². The first kappa shape index (κ1) is 13.9. The Labute approximate surface area is 111 Å². The van der Waals surface area contributed by atoms with Crippen LogP contribution in [0.25, 0.3) is 0 Å². The number of nitrogens with zero attached hydrogens (tertiary/aromatic N) is 1. The third kappa shape index (κ3) is 3.47. The molecule has 0 aromatic rings. The Bertz CT molecular complexity index is 278. The zero-order valence-corrected chi connectivity index (χ0v) is 11.7. The molecule has 1 unspecified atom stereocenters. The predicted molar refractivity (Wildman–Crippen MR) is 74.1 cm³/mol. The summed E-state index contributed by atoms with van der Waals surface area (Å²) in [7, 11) is 0. The van der Waals surface area contributed by atoms with E-state index in [1.165, 1.54) is 32.1 Å². The third-order valence-electron chi connectivity index (χ3n) is 4.72. The molecule has 1 aliphatic carbocycles. The van der Waals surface area contributed by atoms with Gasteiger partial charge in [-0.2, -0.15) is 0 Å². The van der Waals surface area contributed by atoms with E-state index < -0.39 is 0 Å². The Hall–Kier alpha value is -0.570. The standard InChI is InChI=1S/C15H28N2O/c1-2-5-12-6-4-9-17(11-12)15(18)10-13-7-3-8-14(13)16/h12-14H,2-11,16H2,1H3/t12?,13-,14+/m0/s1. The first-order chi connectivity index (χ1) is 8.70. The van der Waals surface area contributed by atoms with Crippen LogP contribution >= 0.6 is 0 Å². The summed E-state index contributed by atoms with van der Waals surface area (Å²) in [5.41, 5.74) is 6.06. The van der Waals surface area contributed by atoms with Gasteiger partial charge < -0.3 is 10.6 Å². The molecule has 2 aliphatic rings. The number of rotatable bonds is 4. The lowest BCUT2D eigenvalue weighted by Gasteiger charge is -2.33. The van der Waals surface area contributed by atoms with Gasteiger partial charge in [-0.1, -0.05) is 19.8 Å². The van der Waals surface area contributed by atoms with Gasteiger partial charge in [0, 0.05) is 25.6 Å². The summed E-state index contributed by atoms with van der Waals surface area (Å²) in [4.78, 5) is 14.4. The molecule has 104 valence electrons. The van der Waals surface area contributed by atoms with Gasteiger partial charge >= 0.3 is 0 Å². The number of hydrogen-bond acceptors (Lipinski definition) is 2. The maximum Gasteiger partial charge on any atom is 0.222 e. The fourth-order valence-electron chi connectivity index (χ4n) is 3.61. The summed E-state index contributed by atoms with van der Waals surface area (Å²) in [5.74, 6) is 1.55. The van der Waals surface area contributed by atoms with Crippen LogP contribution < -0.4 is 5.73 Å². The highest BCUT2D eigenvalue weighted by Gasteiger charge is 2.29. The topological polar surface area (TPSA) is 46.3 Å². The van der Waals surface area contributed by atoms with Crippen LogP contribution in [-0.4, -0.2) is 29.9 Å². The molecule has 1 saturated heterocycles. The second kappa shape index (κ2) is 6.55. The molecule has 0 spiro atoms. The van der Waals surface area contributed by atoms with E-state index in [2.05, 4.69) is 11.8 Å². The minimum Gasteiger partial charge on any atom is -0.342 e. The van der Waals surface area contributed by atoms with Crippen LogP contribution in [0.1, 0.15) is 58.3 Å².